The summed E-state index contributed by atoms with van der Waals surface area (Å²) in [5.41, 5.74) is 4.22. The number of nitrogen functional groups attached to an aromatic ring is 1. The molecule has 0 aliphatic rings. The van der Waals surface area contributed by atoms with Crippen LogP contribution in [0.1, 0.15) is 36.9 Å². The number of aromatic amines is 1. The Bertz CT molecular complexity index is 1400. The SMILES string of the molecule is CN(C(=O)c1ccc(S(=O)(=O)NC(C)(C)C)o1)c1c(N)n(Cc2ccccc2)c(=O)[nH]c1=O. The average molecular weight is 476 g/mol. The van der Waals surface area contributed by atoms with E-state index < -0.39 is 37.8 Å². The maximum absolute atomic E-state index is 13.0. The van der Waals surface area contributed by atoms with Gasteiger partial charge in [-0.1, -0.05) is 30.3 Å². The van der Waals surface area contributed by atoms with Crippen LogP contribution in [0.4, 0.5) is 11.5 Å². The van der Waals surface area contributed by atoms with Gasteiger partial charge < -0.3 is 15.1 Å². The molecule has 0 saturated heterocycles. The minimum absolute atomic E-state index is 0.0684. The molecule has 0 atom stereocenters. The first-order chi connectivity index (χ1) is 15.3. The Kier molecular flexibility index (Phi) is 6.34. The number of rotatable bonds is 6. The maximum atomic E-state index is 13.0. The van der Waals surface area contributed by atoms with Crippen molar-refractivity contribution >= 4 is 27.4 Å². The summed E-state index contributed by atoms with van der Waals surface area (Å²) < 4.78 is 33.7. The molecular formula is C21H25N5O6S. The number of aromatic nitrogens is 2. The van der Waals surface area contributed by atoms with Crippen LogP contribution in [0.2, 0.25) is 0 Å². The standard InChI is InChI=1S/C21H25N5O6S/c1-21(2,3)24-33(30,31)15-11-10-14(32-15)19(28)25(4)16-17(22)26(20(29)23-18(16)27)12-13-8-6-5-7-9-13/h5-11,24H,12,22H2,1-4H3,(H,23,27,29). The first-order valence-electron chi connectivity index (χ1n) is 9.88. The van der Waals surface area contributed by atoms with Gasteiger partial charge in [-0.15, -0.1) is 0 Å². The van der Waals surface area contributed by atoms with E-state index in [4.69, 9.17) is 10.2 Å². The third-order valence-corrected chi connectivity index (χ3v) is 6.17. The number of hydrogen-bond acceptors (Lipinski definition) is 7. The Labute approximate surface area is 189 Å². The smallest absolute Gasteiger partial charge is 0.330 e. The molecule has 0 fully saturated rings. The van der Waals surface area contributed by atoms with Crippen LogP contribution in [-0.4, -0.2) is 36.5 Å². The second-order valence-electron chi connectivity index (χ2n) is 8.40. The number of nitrogens with two attached hydrogens (primary N) is 1. The van der Waals surface area contributed by atoms with Crippen LogP contribution in [0.3, 0.4) is 0 Å². The fraction of sp³-hybridized carbons (Fsp3) is 0.286. The number of hydrogen-bond donors (Lipinski definition) is 3. The zero-order valence-electron chi connectivity index (χ0n) is 18.6. The van der Waals surface area contributed by atoms with E-state index in [-0.39, 0.29) is 23.8 Å². The molecular weight excluding hydrogens is 450 g/mol. The van der Waals surface area contributed by atoms with Crippen molar-refractivity contribution in [1.82, 2.24) is 14.3 Å². The second kappa shape index (κ2) is 8.71. The van der Waals surface area contributed by atoms with Gasteiger partial charge in [0.15, 0.2) is 11.4 Å². The van der Waals surface area contributed by atoms with Crippen LogP contribution in [0.25, 0.3) is 0 Å². The highest BCUT2D eigenvalue weighted by Crippen LogP contribution is 2.21. The molecule has 0 aliphatic heterocycles. The monoisotopic (exact) mass is 475 g/mol. The summed E-state index contributed by atoms with van der Waals surface area (Å²) in [7, 11) is -2.74. The van der Waals surface area contributed by atoms with Crippen molar-refractivity contribution in [3.63, 3.8) is 0 Å². The molecule has 3 aromatic rings. The summed E-state index contributed by atoms with van der Waals surface area (Å²) >= 11 is 0. The lowest BCUT2D eigenvalue weighted by atomic mass is 10.1. The van der Waals surface area contributed by atoms with E-state index in [1.807, 2.05) is 6.07 Å². The summed E-state index contributed by atoms with van der Waals surface area (Å²) in [6, 6.07) is 11.3. The van der Waals surface area contributed by atoms with Gasteiger partial charge in [-0.05, 0) is 38.5 Å². The van der Waals surface area contributed by atoms with E-state index in [0.29, 0.717) is 0 Å². The lowest BCUT2D eigenvalue weighted by Gasteiger charge is -2.20. The summed E-state index contributed by atoms with van der Waals surface area (Å²) in [5, 5.41) is -0.454. The lowest BCUT2D eigenvalue weighted by molar-refractivity contribution is 0.0961. The predicted octanol–water partition coefficient (Wildman–Crippen LogP) is 1.11. The molecule has 0 unspecified atom stereocenters. The number of amides is 1. The van der Waals surface area contributed by atoms with Gasteiger partial charge in [0.05, 0.1) is 6.54 Å². The Morgan fingerprint density at radius 1 is 1.15 bits per heavy atom. The van der Waals surface area contributed by atoms with E-state index in [2.05, 4.69) is 9.71 Å². The third kappa shape index (κ3) is 5.23. The summed E-state index contributed by atoms with van der Waals surface area (Å²) in [5.74, 6) is -1.38. The van der Waals surface area contributed by atoms with Crippen LogP contribution >= 0.6 is 0 Å². The first-order valence-corrected chi connectivity index (χ1v) is 11.4. The van der Waals surface area contributed by atoms with E-state index in [9.17, 15) is 22.8 Å². The Hall–Kier alpha value is -3.64. The van der Waals surface area contributed by atoms with Crippen molar-refractivity contribution in [2.75, 3.05) is 17.7 Å². The molecule has 11 nitrogen and oxygen atoms in total. The minimum atomic E-state index is -4.01. The molecule has 0 radical (unpaired) electrons. The quantitative estimate of drug-likeness (QED) is 0.481. The highest BCUT2D eigenvalue weighted by Gasteiger charge is 2.28. The molecule has 0 spiro atoms. The molecule has 3 rings (SSSR count). The summed E-state index contributed by atoms with van der Waals surface area (Å²) in [6.07, 6.45) is 0. The molecule has 1 aromatic carbocycles. The number of nitrogens with zero attached hydrogens (tertiary/aromatic N) is 2. The number of furan rings is 1. The Morgan fingerprint density at radius 3 is 2.39 bits per heavy atom. The van der Waals surface area contributed by atoms with Gasteiger partial charge in [-0.25, -0.2) is 17.9 Å². The third-order valence-electron chi connectivity index (χ3n) is 4.54. The van der Waals surface area contributed by atoms with E-state index in [0.717, 1.165) is 21.1 Å². The normalized spacial score (nSPS) is 12.0. The Balaban J connectivity index is 1.96. The van der Waals surface area contributed by atoms with Crippen LogP contribution in [0.15, 0.2) is 61.6 Å². The zero-order chi connectivity index (χ0) is 24.6. The maximum Gasteiger partial charge on any atom is 0.330 e. The van der Waals surface area contributed by atoms with Crippen molar-refractivity contribution in [2.24, 2.45) is 0 Å². The predicted molar refractivity (Wildman–Crippen MR) is 123 cm³/mol. The van der Waals surface area contributed by atoms with E-state index in [1.165, 1.54) is 13.1 Å². The highest BCUT2D eigenvalue weighted by atomic mass is 32.2. The van der Waals surface area contributed by atoms with Crippen molar-refractivity contribution in [2.45, 2.75) is 37.9 Å². The molecule has 0 aliphatic carbocycles. The molecule has 12 heteroatoms. The molecule has 176 valence electrons. The van der Waals surface area contributed by atoms with Crippen molar-refractivity contribution in [1.29, 1.82) is 0 Å². The molecule has 2 heterocycles. The number of benzene rings is 1. The van der Waals surface area contributed by atoms with Gasteiger partial charge in [0.2, 0.25) is 5.09 Å². The summed E-state index contributed by atoms with van der Waals surface area (Å²) in [4.78, 5) is 40.8. The number of anilines is 2. The second-order valence-corrected chi connectivity index (χ2v) is 10.0. The highest BCUT2D eigenvalue weighted by molar-refractivity contribution is 7.89. The summed E-state index contributed by atoms with van der Waals surface area (Å²) in [6.45, 7) is 5.05. The van der Waals surface area contributed by atoms with Crippen LogP contribution in [0.5, 0.6) is 0 Å². The molecule has 33 heavy (non-hydrogen) atoms. The van der Waals surface area contributed by atoms with Crippen LogP contribution in [0, 0.1) is 0 Å². The fourth-order valence-corrected chi connectivity index (χ4v) is 4.48. The van der Waals surface area contributed by atoms with Gasteiger partial charge in [0.25, 0.3) is 21.5 Å². The number of nitrogens with one attached hydrogen (secondary N) is 2. The number of carbonyl (C=O) groups excluding carboxylic acids is 1. The number of sulfonamides is 1. The van der Waals surface area contributed by atoms with E-state index >= 15 is 0 Å². The average Bonchev–Trinajstić information content (AvgIpc) is 3.20. The van der Waals surface area contributed by atoms with E-state index in [1.54, 1.807) is 45.0 Å². The molecule has 4 N–H and O–H groups in total. The number of H-pyrrole nitrogens is 1. The fourth-order valence-electron chi connectivity index (χ4n) is 3.12. The first kappa shape index (κ1) is 24.0. The van der Waals surface area contributed by atoms with Gasteiger partial charge in [-0.3, -0.25) is 19.1 Å². The van der Waals surface area contributed by atoms with Gasteiger partial charge in [0, 0.05) is 12.6 Å². The molecule has 1 amide bonds. The van der Waals surface area contributed by atoms with Gasteiger partial charge in [-0.2, -0.15) is 0 Å². The van der Waals surface area contributed by atoms with Crippen molar-refractivity contribution < 1.29 is 17.6 Å². The largest absolute Gasteiger partial charge is 0.438 e. The number of carbonyl (C=O) groups is 1. The van der Waals surface area contributed by atoms with Crippen molar-refractivity contribution in [3.8, 4) is 0 Å². The molecule has 2 aromatic heterocycles. The van der Waals surface area contributed by atoms with Gasteiger partial charge >= 0.3 is 5.69 Å². The topological polar surface area (TPSA) is 160 Å². The zero-order valence-corrected chi connectivity index (χ0v) is 19.4. The van der Waals surface area contributed by atoms with Crippen LogP contribution < -0.4 is 26.6 Å². The van der Waals surface area contributed by atoms with Crippen molar-refractivity contribution in [3.05, 3.63) is 74.6 Å². The Morgan fingerprint density at radius 2 is 1.79 bits per heavy atom. The van der Waals surface area contributed by atoms with Gasteiger partial charge in [0.1, 0.15) is 5.82 Å². The lowest BCUT2D eigenvalue weighted by Crippen LogP contribution is -2.40. The minimum Gasteiger partial charge on any atom is -0.438 e. The molecule has 0 bridgehead atoms. The van der Waals surface area contributed by atoms with Crippen LogP contribution in [-0.2, 0) is 16.6 Å². The molecule has 0 saturated carbocycles.